The largest absolute Gasteiger partial charge is 0.481 e. The van der Waals surface area contributed by atoms with E-state index in [9.17, 15) is 18.0 Å². The number of sulfonamides is 1. The number of hydrogen-bond donors (Lipinski definition) is 3. The molecule has 1 fully saturated rings. The average Bonchev–Trinajstić information content (AvgIpc) is 2.50. The fraction of sp³-hybridized carbons (Fsp3) is 0.500. The van der Waals surface area contributed by atoms with Crippen molar-refractivity contribution in [2.24, 2.45) is 5.92 Å². The van der Waals surface area contributed by atoms with E-state index in [-0.39, 0.29) is 29.7 Å². The molecule has 1 aromatic carbocycles. The van der Waals surface area contributed by atoms with Crippen molar-refractivity contribution < 1.29 is 27.9 Å². The maximum absolute atomic E-state index is 12.4. The van der Waals surface area contributed by atoms with E-state index in [1.165, 1.54) is 19.2 Å². The lowest BCUT2D eigenvalue weighted by atomic mass is 9.80. The van der Waals surface area contributed by atoms with Crippen molar-refractivity contribution in [2.45, 2.75) is 30.7 Å². The fourth-order valence-electron chi connectivity index (χ4n) is 2.57. The number of rotatable bonds is 8. The van der Waals surface area contributed by atoms with Gasteiger partial charge in [-0.2, -0.15) is 0 Å². The Kier molecular flexibility index (Phi) is 6.15. The van der Waals surface area contributed by atoms with Gasteiger partial charge in [0, 0.05) is 25.3 Å². The SMILES string of the molecule is COCCNS(=O)(=O)c1ccc(C)c(C(=O)NC2CC(C(=O)O)C2)c1. The summed E-state index contributed by atoms with van der Waals surface area (Å²) < 4.78 is 31.7. The molecule has 8 nitrogen and oxygen atoms in total. The Morgan fingerprint density at radius 2 is 2.00 bits per heavy atom. The molecular formula is C16H22N2O6S. The zero-order valence-electron chi connectivity index (χ0n) is 14.1. The van der Waals surface area contributed by atoms with Crippen LogP contribution in [0, 0.1) is 12.8 Å². The predicted octanol–water partition coefficient (Wildman–Crippen LogP) is 0.513. The molecule has 1 saturated carbocycles. The van der Waals surface area contributed by atoms with Crippen LogP contribution in [0.5, 0.6) is 0 Å². The Bertz CT molecular complexity index is 756. The van der Waals surface area contributed by atoms with Gasteiger partial charge in [-0.3, -0.25) is 9.59 Å². The number of amides is 1. The number of ether oxygens (including phenoxy) is 1. The maximum Gasteiger partial charge on any atom is 0.306 e. The molecule has 0 unspecified atom stereocenters. The van der Waals surface area contributed by atoms with Crippen molar-refractivity contribution in [3.63, 3.8) is 0 Å². The summed E-state index contributed by atoms with van der Waals surface area (Å²) in [5.41, 5.74) is 0.899. The number of carboxylic acids is 1. The molecule has 9 heteroatoms. The Hall–Kier alpha value is -1.97. The van der Waals surface area contributed by atoms with Gasteiger partial charge in [0.2, 0.25) is 10.0 Å². The molecule has 1 aromatic rings. The number of carboxylic acid groups (broad SMARTS) is 1. The third kappa shape index (κ3) is 4.77. The first-order valence-corrected chi connectivity index (χ1v) is 9.36. The third-order valence-corrected chi connectivity index (χ3v) is 5.64. The van der Waals surface area contributed by atoms with E-state index in [4.69, 9.17) is 9.84 Å². The molecule has 1 aliphatic carbocycles. The van der Waals surface area contributed by atoms with Crippen LogP contribution in [0.3, 0.4) is 0 Å². The summed E-state index contributed by atoms with van der Waals surface area (Å²) in [6, 6.07) is 4.13. The van der Waals surface area contributed by atoms with Gasteiger partial charge in [-0.1, -0.05) is 6.07 Å². The summed E-state index contributed by atoms with van der Waals surface area (Å²) in [5, 5.41) is 11.6. The summed E-state index contributed by atoms with van der Waals surface area (Å²) in [4.78, 5) is 23.2. The van der Waals surface area contributed by atoms with Crippen LogP contribution in [0.4, 0.5) is 0 Å². The number of aliphatic carboxylic acids is 1. The van der Waals surface area contributed by atoms with Crippen LogP contribution in [-0.4, -0.2) is 51.7 Å². The van der Waals surface area contributed by atoms with E-state index < -0.39 is 27.8 Å². The molecule has 0 bridgehead atoms. The van der Waals surface area contributed by atoms with Gasteiger partial charge in [-0.05, 0) is 37.5 Å². The summed E-state index contributed by atoms with van der Waals surface area (Å²) >= 11 is 0. The first kappa shape index (κ1) is 19.4. The molecule has 138 valence electrons. The highest BCUT2D eigenvalue weighted by molar-refractivity contribution is 7.89. The lowest BCUT2D eigenvalue weighted by Crippen LogP contribution is -2.46. The molecule has 1 aliphatic rings. The van der Waals surface area contributed by atoms with Crippen LogP contribution < -0.4 is 10.0 Å². The molecule has 0 aliphatic heterocycles. The van der Waals surface area contributed by atoms with E-state index >= 15 is 0 Å². The number of benzene rings is 1. The lowest BCUT2D eigenvalue weighted by Gasteiger charge is -2.33. The van der Waals surface area contributed by atoms with E-state index in [2.05, 4.69) is 10.0 Å². The first-order valence-electron chi connectivity index (χ1n) is 7.87. The predicted molar refractivity (Wildman–Crippen MR) is 89.9 cm³/mol. The van der Waals surface area contributed by atoms with Gasteiger partial charge in [0.15, 0.2) is 0 Å². The van der Waals surface area contributed by atoms with Crippen molar-refractivity contribution in [1.82, 2.24) is 10.0 Å². The highest BCUT2D eigenvalue weighted by Gasteiger charge is 2.35. The monoisotopic (exact) mass is 370 g/mol. The Morgan fingerprint density at radius 3 is 2.60 bits per heavy atom. The second-order valence-corrected chi connectivity index (χ2v) is 7.81. The molecule has 0 spiro atoms. The van der Waals surface area contributed by atoms with Gasteiger partial charge in [-0.25, -0.2) is 13.1 Å². The molecule has 0 heterocycles. The molecule has 3 N–H and O–H groups in total. The second kappa shape index (κ2) is 7.94. The molecule has 0 aromatic heterocycles. The molecule has 25 heavy (non-hydrogen) atoms. The smallest absolute Gasteiger partial charge is 0.306 e. The van der Waals surface area contributed by atoms with Crippen LogP contribution in [0.1, 0.15) is 28.8 Å². The molecule has 0 radical (unpaired) electrons. The van der Waals surface area contributed by atoms with Gasteiger partial charge in [0.1, 0.15) is 0 Å². The van der Waals surface area contributed by atoms with E-state index in [0.29, 0.717) is 18.4 Å². The third-order valence-electron chi connectivity index (χ3n) is 4.18. The quantitative estimate of drug-likeness (QED) is 0.573. The summed E-state index contributed by atoms with van der Waals surface area (Å²) in [6.45, 7) is 2.09. The van der Waals surface area contributed by atoms with Gasteiger partial charge in [-0.15, -0.1) is 0 Å². The lowest BCUT2D eigenvalue weighted by molar-refractivity contribution is -0.145. The van der Waals surface area contributed by atoms with Crippen LogP contribution in [0.25, 0.3) is 0 Å². The number of hydrogen-bond acceptors (Lipinski definition) is 5. The van der Waals surface area contributed by atoms with Gasteiger partial charge >= 0.3 is 5.97 Å². The number of methoxy groups -OCH3 is 1. The molecule has 1 amide bonds. The zero-order chi connectivity index (χ0) is 18.6. The normalized spacial score (nSPS) is 19.9. The number of aryl methyl sites for hydroxylation is 1. The van der Waals surface area contributed by atoms with Crippen LogP contribution in [0.15, 0.2) is 23.1 Å². The summed E-state index contributed by atoms with van der Waals surface area (Å²) in [5.74, 6) is -1.69. The van der Waals surface area contributed by atoms with Crippen molar-refractivity contribution in [1.29, 1.82) is 0 Å². The number of carbonyl (C=O) groups excluding carboxylic acids is 1. The topological polar surface area (TPSA) is 122 Å². The minimum atomic E-state index is -3.73. The van der Waals surface area contributed by atoms with Crippen molar-refractivity contribution >= 4 is 21.9 Å². The van der Waals surface area contributed by atoms with E-state index in [1.807, 2.05) is 0 Å². The minimum absolute atomic E-state index is 0.00336. The zero-order valence-corrected chi connectivity index (χ0v) is 14.9. The Balaban J connectivity index is 2.08. The summed E-state index contributed by atoms with van der Waals surface area (Å²) in [7, 11) is -2.26. The molecule has 0 saturated heterocycles. The first-order chi connectivity index (χ1) is 11.7. The average molecular weight is 370 g/mol. The summed E-state index contributed by atoms with van der Waals surface area (Å²) in [6.07, 6.45) is 0.771. The van der Waals surface area contributed by atoms with Crippen LogP contribution >= 0.6 is 0 Å². The second-order valence-electron chi connectivity index (χ2n) is 6.04. The maximum atomic E-state index is 12.4. The van der Waals surface area contributed by atoms with Crippen molar-refractivity contribution in [3.05, 3.63) is 29.3 Å². The molecular weight excluding hydrogens is 348 g/mol. The molecule has 2 rings (SSSR count). The Morgan fingerprint density at radius 1 is 1.32 bits per heavy atom. The highest BCUT2D eigenvalue weighted by Crippen LogP contribution is 2.28. The van der Waals surface area contributed by atoms with E-state index in [0.717, 1.165) is 0 Å². The number of carbonyl (C=O) groups is 2. The van der Waals surface area contributed by atoms with Crippen molar-refractivity contribution in [2.75, 3.05) is 20.3 Å². The van der Waals surface area contributed by atoms with E-state index in [1.54, 1.807) is 13.0 Å². The Labute approximate surface area is 146 Å². The fourth-order valence-corrected chi connectivity index (χ4v) is 3.61. The van der Waals surface area contributed by atoms with Crippen molar-refractivity contribution in [3.8, 4) is 0 Å². The van der Waals surface area contributed by atoms with Crippen LogP contribution in [0.2, 0.25) is 0 Å². The van der Waals surface area contributed by atoms with Gasteiger partial charge < -0.3 is 15.2 Å². The number of nitrogens with one attached hydrogen (secondary N) is 2. The molecule has 0 atom stereocenters. The van der Waals surface area contributed by atoms with Crippen LogP contribution in [-0.2, 0) is 19.6 Å². The minimum Gasteiger partial charge on any atom is -0.481 e. The standard InChI is InChI=1S/C16H22N2O6S/c1-10-3-4-13(25(22,23)17-5-6-24-2)9-14(10)15(19)18-12-7-11(8-12)16(20)21/h3-4,9,11-12,17H,5-8H2,1-2H3,(H,18,19)(H,20,21). The van der Waals surface area contributed by atoms with Gasteiger partial charge in [0.25, 0.3) is 5.91 Å². The van der Waals surface area contributed by atoms with Gasteiger partial charge in [0.05, 0.1) is 17.4 Å². The highest BCUT2D eigenvalue weighted by atomic mass is 32.2.